The van der Waals surface area contributed by atoms with Crippen LogP contribution in [-0.2, 0) is 9.53 Å². The monoisotopic (exact) mass is 266 g/mol. The lowest BCUT2D eigenvalue weighted by Crippen LogP contribution is -2.06. The Morgan fingerprint density at radius 3 is 2.00 bits per heavy atom. The first-order valence-electron chi connectivity index (χ1n) is 6.31. The summed E-state index contributed by atoms with van der Waals surface area (Å²) in [5, 5.41) is 0. The molecule has 0 radical (unpaired) electrons. The predicted molar refractivity (Wildman–Crippen MR) is 64.1 cm³/mol. The molecular formula is C13H21F3O2. The summed E-state index contributed by atoms with van der Waals surface area (Å²) >= 11 is 0. The molecule has 0 aliphatic rings. The third-order valence-corrected chi connectivity index (χ3v) is 2.52. The van der Waals surface area contributed by atoms with Crippen LogP contribution in [0.1, 0.15) is 51.4 Å². The number of carbonyl (C=O) groups excluding carboxylic acids is 1. The molecule has 0 unspecified atom stereocenters. The van der Waals surface area contributed by atoms with E-state index in [2.05, 4.69) is 6.58 Å². The molecule has 0 aliphatic carbocycles. The summed E-state index contributed by atoms with van der Waals surface area (Å²) in [6.45, 7) is 3.67. The van der Waals surface area contributed by atoms with Crippen LogP contribution in [0.5, 0.6) is 0 Å². The van der Waals surface area contributed by atoms with Gasteiger partial charge in [-0.25, -0.2) is 4.79 Å². The van der Waals surface area contributed by atoms with Gasteiger partial charge in [0.05, 0.1) is 6.61 Å². The Bertz CT molecular complexity index is 237. The molecule has 0 aromatic heterocycles. The molecule has 0 amide bonds. The lowest BCUT2D eigenvalue weighted by Gasteiger charge is -2.05. The lowest BCUT2D eigenvalue weighted by molar-refractivity contribution is -0.138. The Morgan fingerprint density at radius 2 is 1.50 bits per heavy atom. The van der Waals surface area contributed by atoms with Crippen LogP contribution in [0.2, 0.25) is 0 Å². The molecular weight excluding hydrogens is 245 g/mol. The van der Waals surface area contributed by atoms with Gasteiger partial charge in [-0.3, -0.25) is 0 Å². The Hall–Kier alpha value is -1.00. The van der Waals surface area contributed by atoms with Crippen molar-refractivity contribution < 1.29 is 22.7 Å². The minimum atomic E-state index is -4.02. The van der Waals surface area contributed by atoms with Crippen molar-refractivity contribution >= 4 is 5.97 Å². The Kier molecular flexibility index (Phi) is 9.42. The Morgan fingerprint density at radius 1 is 1.00 bits per heavy atom. The second-order valence-electron chi connectivity index (χ2n) is 4.21. The molecule has 5 heteroatoms. The highest BCUT2D eigenvalue weighted by molar-refractivity contribution is 5.81. The van der Waals surface area contributed by atoms with Crippen molar-refractivity contribution in [3.05, 3.63) is 12.7 Å². The van der Waals surface area contributed by atoms with Crippen LogP contribution in [0.15, 0.2) is 12.7 Å². The van der Waals surface area contributed by atoms with Gasteiger partial charge in [0.2, 0.25) is 0 Å². The number of carbonyl (C=O) groups is 1. The van der Waals surface area contributed by atoms with Crippen molar-refractivity contribution in [2.45, 2.75) is 57.5 Å². The van der Waals surface area contributed by atoms with E-state index >= 15 is 0 Å². The highest BCUT2D eigenvalue weighted by Crippen LogP contribution is 2.23. The molecule has 2 nitrogen and oxygen atoms in total. The number of halogens is 3. The van der Waals surface area contributed by atoms with Gasteiger partial charge in [0, 0.05) is 12.5 Å². The van der Waals surface area contributed by atoms with E-state index in [1.165, 1.54) is 0 Å². The average molecular weight is 266 g/mol. The summed E-state index contributed by atoms with van der Waals surface area (Å²) in [4.78, 5) is 10.7. The van der Waals surface area contributed by atoms with E-state index < -0.39 is 18.6 Å². The molecule has 0 spiro atoms. The number of hydrogen-bond acceptors (Lipinski definition) is 2. The highest BCUT2D eigenvalue weighted by Gasteiger charge is 2.25. The number of hydrogen-bond donors (Lipinski definition) is 0. The summed E-state index contributed by atoms with van der Waals surface area (Å²) in [6.07, 6.45) is 1.75. The smallest absolute Gasteiger partial charge is 0.389 e. The molecule has 0 rings (SSSR count). The summed E-state index contributed by atoms with van der Waals surface area (Å²) < 4.78 is 40.2. The molecule has 0 aliphatic heterocycles. The average Bonchev–Trinajstić information content (AvgIpc) is 2.29. The van der Waals surface area contributed by atoms with Crippen LogP contribution in [0.25, 0.3) is 0 Å². The van der Waals surface area contributed by atoms with E-state index in [1.54, 1.807) is 0 Å². The molecule has 0 aromatic carbocycles. The van der Waals surface area contributed by atoms with Crippen LogP contribution in [0, 0.1) is 0 Å². The fraction of sp³-hybridized carbons (Fsp3) is 0.769. The number of alkyl halides is 3. The molecule has 0 N–H and O–H groups in total. The third kappa shape index (κ3) is 13.1. The van der Waals surface area contributed by atoms with Crippen molar-refractivity contribution in [3.63, 3.8) is 0 Å². The van der Waals surface area contributed by atoms with Crippen LogP contribution in [-0.4, -0.2) is 18.8 Å². The Balaban J connectivity index is 3.12. The molecule has 0 aromatic rings. The van der Waals surface area contributed by atoms with Gasteiger partial charge in [-0.15, -0.1) is 0 Å². The van der Waals surface area contributed by atoms with Crippen molar-refractivity contribution in [1.82, 2.24) is 0 Å². The molecule has 0 fully saturated rings. The second kappa shape index (κ2) is 9.97. The zero-order valence-corrected chi connectivity index (χ0v) is 10.6. The van der Waals surface area contributed by atoms with E-state index in [0.29, 0.717) is 13.0 Å². The first-order chi connectivity index (χ1) is 8.45. The van der Waals surface area contributed by atoms with E-state index in [4.69, 9.17) is 4.74 Å². The maximum atomic E-state index is 11.8. The quantitative estimate of drug-likeness (QED) is 0.333. The van der Waals surface area contributed by atoms with Crippen LogP contribution in [0.4, 0.5) is 13.2 Å². The lowest BCUT2D eigenvalue weighted by atomic mass is 10.1. The molecule has 0 saturated carbocycles. The van der Waals surface area contributed by atoms with Gasteiger partial charge in [-0.2, -0.15) is 13.2 Å². The Labute approximate surface area is 106 Å². The number of esters is 1. The summed E-state index contributed by atoms with van der Waals surface area (Å²) in [5.74, 6) is -0.415. The van der Waals surface area contributed by atoms with E-state index in [1.807, 2.05) is 0 Å². The first-order valence-corrected chi connectivity index (χ1v) is 6.31. The minimum Gasteiger partial charge on any atom is -0.463 e. The highest BCUT2D eigenvalue weighted by atomic mass is 19.4. The molecule has 0 heterocycles. The van der Waals surface area contributed by atoms with Crippen molar-refractivity contribution in [2.75, 3.05) is 6.61 Å². The van der Waals surface area contributed by atoms with Crippen molar-refractivity contribution in [3.8, 4) is 0 Å². The van der Waals surface area contributed by atoms with Gasteiger partial charge < -0.3 is 4.74 Å². The topological polar surface area (TPSA) is 26.3 Å². The largest absolute Gasteiger partial charge is 0.463 e. The van der Waals surface area contributed by atoms with E-state index in [9.17, 15) is 18.0 Å². The second-order valence-corrected chi connectivity index (χ2v) is 4.21. The first kappa shape index (κ1) is 17.0. The van der Waals surface area contributed by atoms with Crippen LogP contribution in [0.3, 0.4) is 0 Å². The minimum absolute atomic E-state index is 0.223. The molecule has 106 valence electrons. The number of rotatable bonds is 10. The summed E-state index contributed by atoms with van der Waals surface area (Å²) in [7, 11) is 0. The maximum Gasteiger partial charge on any atom is 0.389 e. The maximum absolute atomic E-state index is 11.8. The number of unbranched alkanes of at least 4 members (excludes halogenated alkanes) is 6. The normalized spacial score (nSPS) is 11.3. The predicted octanol–water partition coefficient (Wildman–Crippen LogP) is 4.40. The van der Waals surface area contributed by atoms with Crippen molar-refractivity contribution in [2.24, 2.45) is 0 Å². The number of ether oxygens (including phenoxy) is 1. The van der Waals surface area contributed by atoms with Gasteiger partial charge >= 0.3 is 12.1 Å². The fourth-order valence-electron chi connectivity index (χ4n) is 1.54. The van der Waals surface area contributed by atoms with Gasteiger partial charge in [-0.1, -0.05) is 38.7 Å². The molecule has 0 bridgehead atoms. The van der Waals surface area contributed by atoms with Gasteiger partial charge in [0.25, 0.3) is 0 Å². The summed E-state index contributed by atoms with van der Waals surface area (Å²) in [6, 6.07) is 0. The molecule has 18 heavy (non-hydrogen) atoms. The SMILES string of the molecule is C=CC(=O)OCCCCCCCCCC(F)(F)F. The fourth-order valence-corrected chi connectivity index (χ4v) is 1.54. The van der Waals surface area contributed by atoms with Gasteiger partial charge in [-0.05, 0) is 12.8 Å². The van der Waals surface area contributed by atoms with Gasteiger partial charge in [0.15, 0.2) is 0 Å². The zero-order chi connectivity index (χ0) is 13.9. The third-order valence-electron chi connectivity index (χ3n) is 2.52. The van der Waals surface area contributed by atoms with E-state index in [-0.39, 0.29) is 6.42 Å². The van der Waals surface area contributed by atoms with Crippen LogP contribution >= 0.6 is 0 Å². The van der Waals surface area contributed by atoms with Crippen LogP contribution < -0.4 is 0 Å². The standard InChI is InChI=1S/C13H21F3O2/c1-2-12(17)18-11-9-7-5-3-4-6-8-10-13(14,15)16/h2H,1,3-11H2. The zero-order valence-electron chi connectivity index (χ0n) is 10.6. The van der Waals surface area contributed by atoms with Crippen molar-refractivity contribution in [1.29, 1.82) is 0 Å². The molecule has 0 atom stereocenters. The van der Waals surface area contributed by atoms with Gasteiger partial charge in [0.1, 0.15) is 0 Å². The van der Waals surface area contributed by atoms with E-state index in [0.717, 1.165) is 38.2 Å². The summed E-state index contributed by atoms with van der Waals surface area (Å²) in [5.41, 5.74) is 0. The molecule has 0 saturated heterocycles.